The van der Waals surface area contributed by atoms with Crippen LogP contribution >= 0.6 is 68.5 Å². The maximum absolute atomic E-state index is 10.8. The summed E-state index contributed by atoms with van der Waals surface area (Å²) in [6, 6.07) is 22.0. The Morgan fingerprint density at radius 1 is 0.496 bits per heavy atom. The first-order valence-electron chi connectivity index (χ1n) is 39.2. The molecule has 117 heavy (non-hydrogen) atoms. The lowest BCUT2D eigenvalue weighted by Gasteiger charge is -2.48. The third kappa shape index (κ3) is 20.6. The number of benzene rings is 4. The lowest BCUT2D eigenvalue weighted by atomic mass is 9.79. The molecule has 16 rings (SSSR count). The summed E-state index contributed by atoms with van der Waals surface area (Å²) in [6.07, 6.45) is 25.9. The molecule has 1 aliphatic carbocycles. The number of aryl methyl sites for hydroxylation is 3. The predicted molar refractivity (Wildman–Crippen MR) is 474 cm³/mol. The van der Waals surface area contributed by atoms with Crippen molar-refractivity contribution in [3.05, 3.63) is 137 Å². The lowest BCUT2D eigenvalue weighted by Crippen LogP contribution is -2.61. The molecule has 0 atom stereocenters. The van der Waals surface area contributed by atoms with Gasteiger partial charge in [0.05, 0.1) is 65.2 Å². The van der Waals surface area contributed by atoms with Gasteiger partial charge < -0.3 is 54.8 Å². The molecule has 4 aliphatic rings. The Balaban J connectivity index is 0.000000136. The number of hydrogen-bond donors (Lipinski definition) is 5. The van der Waals surface area contributed by atoms with Gasteiger partial charge in [-0.15, -0.1) is 40.8 Å². The zero-order valence-corrected chi connectivity index (χ0v) is 75.1. The summed E-state index contributed by atoms with van der Waals surface area (Å²) in [5, 5.41) is 88.4. The summed E-state index contributed by atoms with van der Waals surface area (Å²) in [5.41, 5.74) is 9.91. The van der Waals surface area contributed by atoms with Crippen LogP contribution in [0.15, 0.2) is 121 Å². The van der Waals surface area contributed by atoms with E-state index in [1.54, 1.807) is 83.0 Å². The number of rotatable bonds is 17. The van der Waals surface area contributed by atoms with E-state index in [-0.39, 0.29) is 44.7 Å². The van der Waals surface area contributed by atoms with E-state index in [0.717, 1.165) is 127 Å². The molecule has 620 valence electrons. The fourth-order valence-electron chi connectivity index (χ4n) is 17.0. The zero-order valence-electron chi connectivity index (χ0n) is 70.3. The van der Waals surface area contributed by atoms with Crippen molar-refractivity contribution < 1.29 is 24.1 Å². The Labute approximate surface area is 711 Å². The standard InChI is InChI=1S/C23H31N5O3S.C22H29ClN6OS.C22H29ClN6S.C18H18N4OS/c1-13-12-24-19(31-13)14-8-16(29)18(17(9-14)30-7)20-25-26-21(32-20)28(6)15-10-22(2,3)27-23(4,5)11-15;1-21(2)9-15(10-22(3,4)27-21)29(6)20-26-25-19(31-20)18-16(23)7-13(8-17(18)30)14-11-24-28(5)12-14;1-21(2)10-16(11-22(3,4)27-21)29(6)20-26-25-19(30-20)17-8-7-14(9-18(17)23)15-12-24-28(5)13-15;1-23-16-12-14(22-11-5-10-19-22)8-9-15(16)18-21-20-17(24-18)13-6-3-2-4-7-13/h8-9,12,15,27,29H,10-11H2,1-7H3;7-8,11-12,15,27,30H,9-10H2,1-6H3;7-9,12-13,16,27H,10-11H2,1-6H3;5-6,8-12H,2-4,7H2,1H3. The topological polar surface area (TPSA) is 287 Å². The average molecular weight is 1700 g/mol. The second-order valence-electron chi connectivity index (χ2n) is 34.8. The largest absolute Gasteiger partial charge is 0.507 e. The number of allylic oxidation sites excluding steroid dienone is 2. The molecule has 3 saturated heterocycles. The molecule has 12 aromatic rings. The molecule has 0 amide bonds. The van der Waals surface area contributed by atoms with Crippen molar-refractivity contribution >= 4 is 89.5 Å². The average Bonchev–Trinajstić information content (AvgIpc) is 1.49. The van der Waals surface area contributed by atoms with Gasteiger partial charge in [-0.2, -0.15) is 15.3 Å². The number of oxazole rings is 1. The highest BCUT2D eigenvalue weighted by Crippen LogP contribution is 2.48. The summed E-state index contributed by atoms with van der Waals surface area (Å²) in [5.74, 6) is 2.53. The first-order chi connectivity index (χ1) is 55.3. The van der Waals surface area contributed by atoms with Gasteiger partial charge in [0.15, 0.2) is 20.0 Å². The van der Waals surface area contributed by atoms with Crippen molar-refractivity contribution in [3.8, 4) is 105 Å². The Morgan fingerprint density at radius 2 is 0.966 bits per heavy atom. The number of piperidine rings is 3. The summed E-state index contributed by atoms with van der Waals surface area (Å²) < 4.78 is 22.1. The Bertz CT molecular complexity index is 5410. The van der Waals surface area contributed by atoms with Crippen LogP contribution in [0.4, 0.5) is 15.4 Å². The molecule has 0 unspecified atom stereocenters. The number of aromatic nitrogens is 15. The van der Waals surface area contributed by atoms with Crippen molar-refractivity contribution in [2.45, 2.75) is 206 Å². The van der Waals surface area contributed by atoms with E-state index in [4.69, 9.17) is 37.1 Å². The molecule has 26 nitrogen and oxygen atoms in total. The number of ether oxygens (including phenoxy) is 2. The number of nitrogens with zero attached hydrogens (tertiary/aromatic N) is 18. The molecule has 0 bridgehead atoms. The summed E-state index contributed by atoms with van der Waals surface area (Å²) in [4.78, 5) is 10.9. The molecule has 0 spiro atoms. The molecule has 5 N–H and O–H groups in total. The van der Waals surface area contributed by atoms with Gasteiger partial charge in [-0.25, -0.2) is 9.67 Å². The fraction of sp³-hybridized carbons (Fsp3) is 0.459. The molecule has 0 radical (unpaired) electrons. The van der Waals surface area contributed by atoms with Crippen molar-refractivity contribution in [1.29, 1.82) is 0 Å². The van der Waals surface area contributed by atoms with Crippen LogP contribution in [0.5, 0.6) is 23.0 Å². The molecule has 8 aromatic heterocycles. The highest BCUT2D eigenvalue weighted by atomic mass is 35.5. The first-order valence-corrected chi connectivity index (χ1v) is 43.3. The van der Waals surface area contributed by atoms with Gasteiger partial charge in [0.25, 0.3) is 0 Å². The highest BCUT2D eigenvalue weighted by Gasteiger charge is 2.43. The minimum atomic E-state index is 0.0315. The van der Waals surface area contributed by atoms with E-state index in [0.29, 0.717) is 72.3 Å². The summed E-state index contributed by atoms with van der Waals surface area (Å²) in [6.45, 7) is 28.8. The van der Waals surface area contributed by atoms with Crippen LogP contribution in [0.25, 0.3) is 87.3 Å². The van der Waals surface area contributed by atoms with Crippen LogP contribution in [-0.2, 0) is 14.1 Å². The second kappa shape index (κ2) is 34.6. The monoisotopic (exact) mass is 1700 g/mol. The number of phenolic OH excluding ortho intramolecular Hbond substituents is 2. The van der Waals surface area contributed by atoms with E-state index >= 15 is 0 Å². The predicted octanol–water partition coefficient (Wildman–Crippen LogP) is 18.7. The number of halogens is 2. The highest BCUT2D eigenvalue weighted by molar-refractivity contribution is 7.19. The number of hydrogen-bond acceptors (Lipinski definition) is 27. The van der Waals surface area contributed by atoms with Gasteiger partial charge in [-0.05, 0) is 226 Å². The third-order valence-corrected chi connectivity index (χ3v) is 26.2. The van der Waals surface area contributed by atoms with Crippen LogP contribution in [0.1, 0.15) is 158 Å². The Hall–Kier alpha value is -9.24. The molecular weight excluding hydrogens is 1590 g/mol. The number of methoxy groups -OCH3 is 2. The van der Waals surface area contributed by atoms with Crippen molar-refractivity contribution in [2.75, 3.05) is 50.1 Å². The SMILES string of the molecule is CN(c1nnc(-c2c(O)cc(-c3cnn(C)c3)cc2Cl)s1)C1CC(C)(C)NC(C)(C)C1.CN(c1nnc(-c2ccc(-c3cnn(C)c3)cc2Cl)s1)C1CC(C)(C)NC(C)(C)C1.COc1cc(-c2ncc(C)o2)cc(O)c1-c1nnc(N(C)C2CC(C)(C)NC(C)(C)C2)s1.COc1cc(-n2cccn2)ccc1-c1nnc(C2=CCCCC2)s1. The minimum Gasteiger partial charge on any atom is -0.507 e. The Kier molecular flexibility index (Phi) is 25.3. The smallest absolute Gasteiger partial charge is 0.226 e. The van der Waals surface area contributed by atoms with Gasteiger partial charge in [0, 0.05) is 140 Å². The van der Waals surface area contributed by atoms with Crippen LogP contribution in [0.3, 0.4) is 0 Å². The molecule has 3 fully saturated rings. The van der Waals surface area contributed by atoms with Gasteiger partial charge in [-0.3, -0.25) is 9.36 Å². The van der Waals surface area contributed by atoms with E-state index in [9.17, 15) is 10.2 Å². The number of aromatic hydroxyl groups is 2. The number of nitrogens with one attached hydrogen (secondary N) is 3. The Morgan fingerprint density at radius 3 is 1.44 bits per heavy atom. The molecule has 32 heteroatoms. The molecule has 11 heterocycles. The van der Waals surface area contributed by atoms with Crippen LogP contribution in [0, 0.1) is 6.92 Å². The van der Waals surface area contributed by atoms with E-state index < -0.39 is 0 Å². The maximum atomic E-state index is 10.8. The first kappa shape index (κ1) is 85.6. The van der Waals surface area contributed by atoms with Crippen molar-refractivity contribution in [1.82, 2.24) is 91.1 Å². The third-order valence-electron chi connectivity index (χ3n) is 21.4. The summed E-state index contributed by atoms with van der Waals surface area (Å²) in [7, 11) is 13.3. The van der Waals surface area contributed by atoms with E-state index in [1.165, 1.54) is 41.1 Å². The quantitative estimate of drug-likeness (QED) is 0.0566. The van der Waals surface area contributed by atoms with Crippen LogP contribution < -0.4 is 40.1 Å². The second-order valence-corrected chi connectivity index (χ2v) is 39.5. The maximum Gasteiger partial charge on any atom is 0.226 e. The van der Waals surface area contributed by atoms with Crippen molar-refractivity contribution in [2.24, 2.45) is 14.1 Å². The van der Waals surface area contributed by atoms with Gasteiger partial charge in [0.2, 0.25) is 21.3 Å². The molecular formula is C85H107Cl2N21O5S4. The van der Waals surface area contributed by atoms with Crippen LogP contribution in [0.2, 0.25) is 10.0 Å². The van der Waals surface area contributed by atoms with Crippen LogP contribution in [-0.4, -0.2) is 172 Å². The fourth-order valence-corrected chi connectivity index (χ4v) is 21.4. The van der Waals surface area contributed by atoms with Gasteiger partial charge in [-0.1, -0.05) is 80.7 Å². The number of phenols is 2. The molecule has 4 aromatic carbocycles. The van der Waals surface area contributed by atoms with Gasteiger partial charge >= 0.3 is 0 Å². The minimum absolute atomic E-state index is 0.0315. The van der Waals surface area contributed by atoms with Gasteiger partial charge in [0.1, 0.15) is 33.8 Å². The van der Waals surface area contributed by atoms with E-state index in [1.807, 2.05) is 93.0 Å². The van der Waals surface area contributed by atoms with Crippen molar-refractivity contribution in [3.63, 3.8) is 0 Å². The zero-order chi connectivity index (χ0) is 83.8. The molecule has 3 aliphatic heterocycles. The summed E-state index contributed by atoms with van der Waals surface area (Å²) >= 11 is 19.3. The molecule has 0 saturated carbocycles. The lowest BCUT2D eigenvalue weighted by molar-refractivity contribution is 0.160. The number of anilines is 3. The van der Waals surface area contributed by atoms with E-state index in [2.05, 4.69) is 208 Å². The normalized spacial score (nSPS) is 17.5.